The SMILES string of the molecule is Cc1ccc(N2CCCN(C(=O)C3CC(=O)N(C4CC4)C3)CC2)nn1. The zero-order valence-electron chi connectivity index (χ0n) is 14.7. The molecule has 1 saturated carbocycles. The molecule has 0 bridgehead atoms. The van der Waals surface area contributed by atoms with Gasteiger partial charge in [0, 0.05) is 45.2 Å². The summed E-state index contributed by atoms with van der Waals surface area (Å²) >= 11 is 0. The van der Waals surface area contributed by atoms with Gasteiger partial charge in [0.15, 0.2) is 5.82 Å². The monoisotopic (exact) mass is 343 g/mol. The van der Waals surface area contributed by atoms with Gasteiger partial charge in [-0.1, -0.05) is 0 Å². The van der Waals surface area contributed by atoms with E-state index in [0.29, 0.717) is 25.6 Å². The van der Waals surface area contributed by atoms with Gasteiger partial charge in [0.25, 0.3) is 0 Å². The maximum absolute atomic E-state index is 12.9. The summed E-state index contributed by atoms with van der Waals surface area (Å²) in [6.07, 6.45) is 3.50. The van der Waals surface area contributed by atoms with Gasteiger partial charge in [-0.05, 0) is 38.3 Å². The fourth-order valence-electron chi connectivity index (χ4n) is 3.82. The smallest absolute Gasteiger partial charge is 0.228 e. The minimum absolute atomic E-state index is 0.147. The highest BCUT2D eigenvalue weighted by atomic mass is 16.2. The van der Waals surface area contributed by atoms with Crippen molar-refractivity contribution < 1.29 is 9.59 Å². The molecular formula is C18H25N5O2. The number of aromatic nitrogens is 2. The van der Waals surface area contributed by atoms with Crippen molar-refractivity contribution in [2.24, 2.45) is 5.92 Å². The Bertz CT molecular complexity index is 658. The molecule has 1 aliphatic carbocycles. The van der Waals surface area contributed by atoms with E-state index in [1.54, 1.807) is 0 Å². The lowest BCUT2D eigenvalue weighted by molar-refractivity contribution is -0.135. The summed E-state index contributed by atoms with van der Waals surface area (Å²) in [7, 11) is 0. The second kappa shape index (κ2) is 6.61. The number of carbonyl (C=O) groups excluding carboxylic acids is 2. The highest BCUT2D eigenvalue weighted by molar-refractivity contribution is 5.89. The van der Waals surface area contributed by atoms with E-state index >= 15 is 0 Å². The van der Waals surface area contributed by atoms with Gasteiger partial charge in [-0.25, -0.2) is 0 Å². The molecule has 1 aromatic rings. The number of hydrogen-bond acceptors (Lipinski definition) is 5. The topological polar surface area (TPSA) is 69.6 Å². The second-order valence-corrected chi connectivity index (χ2v) is 7.38. The summed E-state index contributed by atoms with van der Waals surface area (Å²) < 4.78 is 0. The second-order valence-electron chi connectivity index (χ2n) is 7.38. The zero-order chi connectivity index (χ0) is 17.4. The average molecular weight is 343 g/mol. The maximum Gasteiger partial charge on any atom is 0.228 e. The summed E-state index contributed by atoms with van der Waals surface area (Å²) in [6.45, 7) is 5.61. The normalized spacial score (nSPS) is 24.6. The third-order valence-electron chi connectivity index (χ3n) is 5.41. The third-order valence-corrected chi connectivity index (χ3v) is 5.41. The van der Waals surface area contributed by atoms with Crippen LogP contribution in [-0.2, 0) is 9.59 Å². The number of anilines is 1. The lowest BCUT2D eigenvalue weighted by Crippen LogP contribution is -2.40. The van der Waals surface area contributed by atoms with Crippen molar-refractivity contribution in [3.63, 3.8) is 0 Å². The van der Waals surface area contributed by atoms with Crippen molar-refractivity contribution in [2.75, 3.05) is 37.6 Å². The molecule has 1 aromatic heterocycles. The van der Waals surface area contributed by atoms with Crippen LogP contribution in [0, 0.1) is 12.8 Å². The first-order valence-corrected chi connectivity index (χ1v) is 9.25. The van der Waals surface area contributed by atoms with E-state index in [0.717, 1.165) is 50.4 Å². The van der Waals surface area contributed by atoms with E-state index in [-0.39, 0.29) is 17.7 Å². The number of amides is 2. The fourth-order valence-corrected chi connectivity index (χ4v) is 3.82. The number of carbonyl (C=O) groups is 2. The maximum atomic E-state index is 12.9. The van der Waals surface area contributed by atoms with Crippen molar-refractivity contribution in [1.29, 1.82) is 0 Å². The van der Waals surface area contributed by atoms with Crippen molar-refractivity contribution in [3.8, 4) is 0 Å². The molecular weight excluding hydrogens is 318 g/mol. The van der Waals surface area contributed by atoms with E-state index in [4.69, 9.17) is 0 Å². The van der Waals surface area contributed by atoms with Crippen LogP contribution in [0.3, 0.4) is 0 Å². The lowest BCUT2D eigenvalue weighted by atomic mass is 10.1. The standard InChI is InChI=1S/C18H25N5O2/c1-13-3-6-16(20-19-13)21-7-2-8-22(10-9-21)18(25)14-11-17(24)23(12-14)15-4-5-15/h3,6,14-15H,2,4-5,7-12H2,1H3. The quantitative estimate of drug-likeness (QED) is 0.813. The molecule has 7 heteroatoms. The molecule has 0 radical (unpaired) electrons. The van der Waals surface area contributed by atoms with Gasteiger partial charge >= 0.3 is 0 Å². The summed E-state index contributed by atoms with van der Waals surface area (Å²) in [4.78, 5) is 31.0. The van der Waals surface area contributed by atoms with Crippen LogP contribution in [0.15, 0.2) is 12.1 Å². The van der Waals surface area contributed by atoms with Gasteiger partial charge in [-0.2, -0.15) is 5.10 Å². The highest BCUT2D eigenvalue weighted by Crippen LogP contribution is 2.33. The third kappa shape index (κ3) is 3.45. The summed E-state index contributed by atoms with van der Waals surface area (Å²) in [5.41, 5.74) is 0.904. The molecule has 2 saturated heterocycles. The number of nitrogens with zero attached hydrogens (tertiary/aromatic N) is 5. The van der Waals surface area contributed by atoms with Crippen LogP contribution in [0.1, 0.15) is 31.4 Å². The Hall–Kier alpha value is -2.18. The molecule has 3 heterocycles. The van der Waals surface area contributed by atoms with Crippen molar-refractivity contribution in [1.82, 2.24) is 20.0 Å². The average Bonchev–Trinajstić information content (AvgIpc) is 3.41. The lowest BCUT2D eigenvalue weighted by Gasteiger charge is -2.24. The van der Waals surface area contributed by atoms with Gasteiger partial charge < -0.3 is 14.7 Å². The van der Waals surface area contributed by atoms with Crippen LogP contribution in [-0.4, -0.2) is 70.6 Å². The van der Waals surface area contributed by atoms with Gasteiger partial charge in [0.05, 0.1) is 11.6 Å². The van der Waals surface area contributed by atoms with Crippen LogP contribution < -0.4 is 4.90 Å². The molecule has 25 heavy (non-hydrogen) atoms. The Morgan fingerprint density at radius 3 is 2.68 bits per heavy atom. The molecule has 2 aliphatic heterocycles. The zero-order valence-corrected chi connectivity index (χ0v) is 14.7. The van der Waals surface area contributed by atoms with Crippen LogP contribution in [0.25, 0.3) is 0 Å². The van der Waals surface area contributed by atoms with Crippen molar-refractivity contribution in [2.45, 2.75) is 38.6 Å². The van der Waals surface area contributed by atoms with E-state index in [9.17, 15) is 9.59 Å². The van der Waals surface area contributed by atoms with E-state index in [1.807, 2.05) is 28.9 Å². The summed E-state index contributed by atoms with van der Waals surface area (Å²) in [5, 5.41) is 8.38. The first-order chi connectivity index (χ1) is 12.1. The largest absolute Gasteiger partial charge is 0.353 e. The van der Waals surface area contributed by atoms with Crippen LogP contribution >= 0.6 is 0 Å². The molecule has 7 nitrogen and oxygen atoms in total. The van der Waals surface area contributed by atoms with E-state index < -0.39 is 0 Å². The van der Waals surface area contributed by atoms with Crippen LogP contribution in [0.2, 0.25) is 0 Å². The molecule has 3 aliphatic rings. The minimum atomic E-state index is -0.154. The Morgan fingerprint density at radius 1 is 1.12 bits per heavy atom. The molecule has 0 spiro atoms. The van der Waals surface area contributed by atoms with Crippen molar-refractivity contribution >= 4 is 17.6 Å². The minimum Gasteiger partial charge on any atom is -0.353 e. The molecule has 134 valence electrons. The summed E-state index contributed by atoms with van der Waals surface area (Å²) in [6, 6.07) is 4.36. The molecule has 0 N–H and O–H groups in total. The molecule has 1 unspecified atom stereocenters. The number of hydrogen-bond donors (Lipinski definition) is 0. The Labute approximate surface area is 148 Å². The number of aryl methyl sites for hydroxylation is 1. The van der Waals surface area contributed by atoms with Crippen molar-refractivity contribution in [3.05, 3.63) is 17.8 Å². The van der Waals surface area contributed by atoms with Crippen LogP contribution in [0.5, 0.6) is 0 Å². The van der Waals surface area contributed by atoms with Gasteiger partial charge in [0.2, 0.25) is 11.8 Å². The first kappa shape index (κ1) is 16.3. The van der Waals surface area contributed by atoms with Gasteiger partial charge in [-0.15, -0.1) is 5.10 Å². The Kier molecular flexibility index (Phi) is 4.31. The highest BCUT2D eigenvalue weighted by Gasteiger charge is 2.42. The predicted octanol–water partition coefficient (Wildman–Crippen LogP) is 0.835. The van der Waals surface area contributed by atoms with E-state index in [1.165, 1.54) is 0 Å². The first-order valence-electron chi connectivity index (χ1n) is 9.25. The van der Waals surface area contributed by atoms with Gasteiger partial charge in [-0.3, -0.25) is 9.59 Å². The molecule has 2 amide bonds. The molecule has 4 rings (SSSR count). The predicted molar refractivity (Wildman–Crippen MR) is 93.0 cm³/mol. The Balaban J connectivity index is 1.36. The van der Waals surface area contributed by atoms with Crippen LogP contribution in [0.4, 0.5) is 5.82 Å². The molecule has 1 atom stereocenters. The van der Waals surface area contributed by atoms with Gasteiger partial charge in [0.1, 0.15) is 0 Å². The Morgan fingerprint density at radius 2 is 1.96 bits per heavy atom. The fraction of sp³-hybridized carbons (Fsp3) is 0.667. The molecule has 0 aromatic carbocycles. The number of rotatable bonds is 3. The summed E-state index contributed by atoms with van der Waals surface area (Å²) in [5.74, 6) is 1.02. The molecule has 3 fully saturated rings. The number of likely N-dealkylation sites (tertiary alicyclic amines) is 1. The van der Waals surface area contributed by atoms with E-state index in [2.05, 4.69) is 15.1 Å².